The number of hydrogen-bond acceptors (Lipinski definition) is 5. The number of nitrogens with zero attached hydrogens (tertiary/aromatic N) is 4. The van der Waals surface area contributed by atoms with Crippen molar-refractivity contribution in [3.8, 4) is 28.5 Å². The molecular formula is C21H17Cl3N4O2. The summed E-state index contributed by atoms with van der Waals surface area (Å²) in [5.41, 5.74) is 2.32. The third-order valence-electron chi connectivity index (χ3n) is 4.53. The quantitative estimate of drug-likeness (QED) is 0.396. The van der Waals surface area contributed by atoms with E-state index in [1.807, 2.05) is 19.1 Å². The monoisotopic (exact) mass is 462 g/mol. The zero-order valence-electron chi connectivity index (χ0n) is 16.3. The summed E-state index contributed by atoms with van der Waals surface area (Å²) >= 11 is 18.6. The van der Waals surface area contributed by atoms with E-state index in [4.69, 9.17) is 44.3 Å². The van der Waals surface area contributed by atoms with E-state index in [0.29, 0.717) is 26.4 Å². The van der Waals surface area contributed by atoms with E-state index in [0.717, 1.165) is 16.8 Å². The lowest BCUT2D eigenvalue weighted by atomic mass is 10.1. The van der Waals surface area contributed by atoms with Gasteiger partial charge in [0.15, 0.2) is 5.69 Å². The van der Waals surface area contributed by atoms with Gasteiger partial charge < -0.3 is 9.52 Å². The van der Waals surface area contributed by atoms with Crippen LogP contribution < -0.4 is 0 Å². The number of aliphatic hydroxyl groups is 1. The summed E-state index contributed by atoms with van der Waals surface area (Å²) in [5.74, 6) is 0.299. The molecule has 0 amide bonds. The maximum Gasteiger partial charge on any atom is 0.268 e. The Morgan fingerprint density at radius 1 is 0.967 bits per heavy atom. The van der Waals surface area contributed by atoms with Crippen molar-refractivity contribution in [1.29, 1.82) is 0 Å². The van der Waals surface area contributed by atoms with Crippen LogP contribution in [0.15, 0.2) is 46.9 Å². The Balaban J connectivity index is 1.95. The summed E-state index contributed by atoms with van der Waals surface area (Å²) in [4.78, 5) is 0. The maximum atomic E-state index is 10.2. The Bertz CT molecular complexity index is 1220. The molecule has 0 saturated carbocycles. The molecule has 4 rings (SSSR count). The van der Waals surface area contributed by atoms with Crippen LogP contribution in [0.3, 0.4) is 0 Å². The van der Waals surface area contributed by atoms with Gasteiger partial charge in [-0.2, -0.15) is 5.10 Å². The average molecular weight is 464 g/mol. The molecule has 2 aromatic heterocycles. The second-order valence-electron chi connectivity index (χ2n) is 7.31. The molecule has 9 heteroatoms. The second-order valence-corrected chi connectivity index (χ2v) is 8.59. The van der Waals surface area contributed by atoms with Crippen LogP contribution in [0, 0.1) is 6.92 Å². The zero-order chi connectivity index (χ0) is 21.6. The van der Waals surface area contributed by atoms with Crippen LogP contribution in [0.4, 0.5) is 0 Å². The highest BCUT2D eigenvalue weighted by atomic mass is 35.5. The highest BCUT2D eigenvalue weighted by molar-refractivity contribution is 6.35. The molecule has 4 aromatic rings. The van der Waals surface area contributed by atoms with E-state index in [9.17, 15) is 5.11 Å². The van der Waals surface area contributed by atoms with E-state index in [-0.39, 0.29) is 11.8 Å². The first kappa shape index (κ1) is 20.9. The molecule has 0 bridgehead atoms. The van der Waals surface area contributed by atoms with Crippen LogP contribution in [0.2, 0.25) is 15.1 Å². The molecule has 0 fully saturated rings. The normalized spacial score (nSPS) is 11.8. The van der Waals surface area contributed by atoms with E-state index >= 15 is 0 Å². The van der Waals surface area contributed by atoms with Crippen LogP contribution in [0.5, 0.6) is 0 Å². The van der Waals surface area contributed by atoms with Crippen molar-refractivity contribution in [2.24, 2.45) is 0 Å². The lowest BCUT2D eigenvalue weighted by Gasteiger charge is -2.11. The molecule has 1 N–H and O–H groups in total. The summed E-state index contributed by atoms with van der Waals surface area (Å²) in [7, 11) is 0. The van der Waals surface area contributed by atoms with Crippen LogP contribution >= 0.6 is 34.8 Å². The molecule has 0 unspecified atom stereocenters. The predicted molar refractivity (Wildman–Crippen MR) is 117 cm³/mol. The first-order valence-electron chi connectivity index (χ1n) is 9.03. The Morgan fingerprint density at radius 3 is 2.23 bits per heavy atom. The smallest absolute Gasteiger partial charge is 0.268 e. The fourth-order valence-corrected chi connectivity index (χ4v) is 3.65. The van der Waals surface area contributed by atoms with E-state index < -0.39 is 5.60 Å². The molecule has 0 saturated heterocycles. The molecule has 30 heavy (non-hydrogen) atoms. The van der Waals surface area contributed by atoms with Gasteiger partial charge in [0.2, 0.25) is 5.89 Å². The number of benzene rings is 2. The Hall–Kier alpha value is -2.38. The maximum absolute atomic E-state index is 10.2. The lowest BCUT2D eigenvalue weighted by molar-refractivity contribution is 0.0487. The third kappa shape index (κ3) is 3.84. The molecule has 0 spiro atoms. The van der Waals surface area contributed by atoms with Gasteiger partial charge in [-0.15, -0.1) is 10.2 Å². The molecule has 0 aliphatic heterocycles. The van der Waals surface area contributed by atoms with Gasteiger partial charge in [0, 0.05) is 21.2 Å². The van der Waals surface area contributed by atoms with Gasteiger partial charge in [-0.1, -0.05) is 46.9 Å². The Labute approximate surface area is 188 Å². The number of rotatable bonds is 4. The summed E-state index contributed by atoms with van der Waals surface area (Å²) < 4.78 is 7.41. The van der Waals surface area contributed by atoms with Gasteiger partial charge in [0.25, 0.3) is 5.89 Å². The standard InChI is InChI=1S/C21H17Cl3N4O2/c1-11-17(19-25-26-20(30-19)21(2,3)29)27-28(16-9-8-14(23)10-15(16)24)18(11)12-4-6-13(22)7-5-12/h4-10,29H,1-3H3. The van der Waals surface area contributed by atoms with Crippen LogP contribution in [0.1, 0.15) is 25.3 Å². The molecular weight excluding hydrogens is 447 g/mol. The minimum absolute atomic E-state index is 0.101. The van der Waals surface area contributed by atoms with Crippen LogP contribution in [-0.4, -0.2) is 25.1 Å². The van der Waals surface area contributed by atoms with Gasteiger partial charge in [0.05, 0.1) is 16.4 Å². The molecule has 0 atom stereocenters. The van der Waals surface area contributed by atoms with Crippen molar-refractivity contribution in [2.75, 3.05) is 0 Å². The predicted octanol–water partition coefficient (Wildman–Crippen LogP) is 6.09. The van der Waals surface area contributed by atoms with Crippen molar-refractivity contribution in [2.45, 2.75) is 26.4 Å². The van der Waals surface area contributed by atoms with E-state index in [2.05, 4.69) is 10.2 Å². The number of halogens is 3. The third-order valence-corrected chi connectivity index (χ3v) is 5.32. The van der Waals surface area contributed by atoms with Crippen molar-refractivity contribution in [3.05, 3.63) is 69.0 Å². The largest absolute Gasteiger partial charge is 0.416 e. The van der Waals surface area contributed by atoms with Crippen molar-refractivity contribution in [3.63, 3.8) is 0 Å². The molecule has 154 valence electrons. The summed E-state index contributed by atoms with van der Waals surface area (Å²) in [6.45, 7) is 5.05. The zero-order valence-corrected chi connectivity index (χ0v) is 18.6. The molecule has 0 radical (unpaired) electrons. The van der Waals surface area contributed by atoms with Gasteiger partial charge in [-0.3, -0.25) is 0 Å². The Morgan fingerprint density at radius 2 is 1.63 bits per heavy atom. The lowest BCUT2D eigenvalue weighted by Crippen LogP contribution is -2.15. The van der Waals surface area contributed by atoms with E-state index in [1.165, 1.54) is 0 Å². The summed E-state index contributed by atoms with van der Waals surface area (Å²) in [5, 5.41) is 24.5. The Kier molecular flexibility index (Phi) is 5.36. The average Bonchev–Trinajstić information content (AvgIpc) is 3.28. The summed E-state index contributed by atoms with van der Waals surface area (Å²) in [6.07, 6.45) is 0. The molecule has 0 aliphatic rings. The fraction of sp³-hybridized carbons (Fsp3) is 0.190. The van der Waals surface area contributed by atoms with Crippen molar-refractivity contribution >= 4 is 34.8 Å². The SMILES string of the molecule is Cc1c(-c2nnc(C(C)(C)O)o2)nn(-c2ccc(Cl)cc2Cl)c1-c1ccc(Cl)cc1. The fourth-order valence-electron chi connectivity index (χ4n) is 3.04. The molecule has 2 aromatic carbocycles. The van der Waals surface area contributed by atoms with Gasteiger partial charge in [-0.25, -0.2) is 4.68 Å². The first-order chi connectivity index (χ1) is 14.1. The minimum Gasteiger partial charge on any atom is -0.416 e. The molecule has 0 aliphatic carbocycles. The topological polar surface area (TPSA) is 77.0 Å². The second kappa shape index (κ2) is 7.71. The summed E-state index contributed by atoms with van der Waals surface area (Å²) in [6, 6.07) is 12.6. The van der Waals surface area contributed by atoms with Crippen LogP contribution in [0.25, 0.3) is 28.5 Å². The van der Waals surface area contributed by atoms with Crippen molar-refractivity contribution in [1.82, 2.24) is 20.0 Å². The van der Waals surface area contributed by atoms with Crippen LogP contribution in [-0.2, 0) is 5.60 Å². The molecule has 2 heterocycles. The van der Waals surface area contributed by atoms with Gasteiger partial charge in [0.1, 0.15) is 5.60 Å². The number of aromatic nitrogens is 4. The van der Waals surface area contributed by atoms with Gasteiger partial charge >= 0.3 is 0 Å². The number of hydrogen-bond donors (Lipinski definition) is 1. The highest BCUT2D eigenvalue weighted by Gasteiger charge is 2.27. The van der Waals surface area contributed by atoms with Gasteiger partial charge in [-0.05, 0) is 51.1 Å². The van der Waals surface area contributed by atoms with E-state index in [1.54, 1.807) is 48.9 Å². The molecule has 6 nitrogen and oxygen atoms in total. The first-order valence-corrected chi connectivity index (χ1v) is 10.2. The minimum atomic E-state index is -1.26. The highest BCUT2D eigenvalue weighted by Crippen LogP contribution is 2.36. The van der Waals surface area contributed by atoms with Crippen molar-refractivity contribution < 1.29 is 9.52 Å².